The molecule has 1 aliphatic heterocycles. The zero-order valence-corrected chi connectivity index (χ0v) is 20.7. The Morgan fingerprint density at radius 3 is 2.50 bits per heavy atom. The summed E-state index contributed by atoms with van der Waals surface area (Å²) < 4.78 is 13.4. The number of hydrogen-bond donors (Lipinski definition) is 2. The van der Waals surface area contributed by atoms with Crippen LogP contribution in [0.15, 0.2) is 70.5 Å². The van der Waals surface area contributed by atoms with Crippen molar-refractivity contribution >= 4 is 11.8 Å². The standard InChI is InChI=1S/C30H36FN3/c1-4-6-7-8-9-11-25-19-23(18-22-13-15-24(31)16-14-22)29(33-25)20-28-21(3)26(5-2)30(34-28)27-12-10-17-32-27/h10,12-17,19-20,32-33H,4-9,11,18H2,1-3H3/b28-20-. The molecule has 0 bridgehead atoms. The maximum absolute atomic E-state index is 13.4. The average Bonchev–Trinajstić information content (AvgIpc) is 3.56. The molecule has 2 N–H and O–H groups in total. The first-order chi connectivity index (χ1) is 16.6. The number of benzene rings is 1. The Labute approximate surface area is 202 Å². The van der Waals surface area contributed by atoms with Gasteiger partial charge in [0.1, 0.15) is 5.82 Å². The van der Waals surface area contributed by atoms with Crippen molar-refractivity contribution in [2.24, 2.45) is 4.99 Å². The van der Waals surface area contributed by atoms with Crippen LogP contribution in [0.25, 0.3) is 6.08 Å². The third kappa shape index (κ3) is 5.67. The second kappa shape index (κ2) is 11.3. The SMILES string of the molecule is CCCCCCCc1cc(Cc2ccc(F)cc2)c(/C=C2\N=C(c3ccc[nH]3)C(CC)=C2C)[nH]1. The molecule has 3 nitrogen and oxygen atoms in total. The Balaban J connectivity index is 1.64. The number of aromatic amines is 2. The van der Waals surface area contributed by atoms with Gasteiger partial charge in [-0.15, -0.1) is 0 Å². The fourth-order valence-corrected chi connectivity index (χ4v) is 4.74. The summed E-state index contributed by atoms with van der Waals surface area (Å²) >= 11 is 0. The molecule has 4 rings (SSSR count). The zero-order chi connectivity index (χ0) is 23.9. The minimum absolute atomic E-state index is 0.196. The number of aryl methyl sites for hydroxylation is 1. The molecule has 1 aliphatic rings. The van der Waals surface area contributed by atoms with Crippen LogP contribution < -0.4 is 0 Å². The topological polar surface area (TPSA) is 43.9 Å². The molecule has 0 saturated carbocycles. The highest BCUT2D eigenvalue weighted by Crippen LogP contribution is 2.32. The highest BCUT2D eigenvalue weighted by molar-refractivity contribution is 6.15. The second-order valence-electron chi connectivity index (χ2n) is 9.23. The van der Waals surface area contributed by atoms with E-state index in [0.29, 0.717) is 0 Å². The van der Waals surface area contributed by atoms with E-state index < -0.39 is 0 Å². The fraction of sp³-hybridized carbons (Fsp3) is 0.367. The lowest BCUT2D eigenvalue weighted by Gasteiger charge is -2.04. The molecule has 4 heteroatoms. The monoisotopic (exact) mass is 457 g/mol. The number of nitrogens with one attached hydrogen (secondary N) is 2. The van der Waals surface area contributed by atoms with Crippen molar-refractivity contribution in [1.29, 1.82) is 0 Å². The molecule has 0 amide bonds. The Morgan fingerprint density at radius 1 is 1.00 bits per heavy atom. The maximum Gasteiger partial charge on any atom is 0.123 e. The van der Waals surface area contributed by atoms with Crippen LogP contribution >= 0.6 is 0 Å². The van der Waals surface area contributed by atoms with Gasteiger partial charge < -0.3 is 9.97 Å². The summed E-state index contributed by atoms with van der Waals surface area (Å²) in [5.41, 5.74) is 10.4. The number of aliphatic imine (C=N–C) groups is 1. The zero-order valence-electron chi connectivity index (χ0n) is 20.7. The van der Waals surface area contributed by atoms with Crippen molar-refractivity contribution in [1.82, 2.24) is 9.97 Å². The minimum atomic E-state index is -0.196. The number of hydrogen-bond acceptors (Lipinski definition) is 1. The Kier molecular flexibility index (Phi) is 7.99. The molecule has 0 radical (unpaired) electrons. The van der Waals surface area contributed by atoms with Gasteiger partial charge in [0.2, 0.25) is 0 Å². The summed E-state index contributed by atoms with van der Waals surface area (Å²) in [6, 6.07) is 13.2. The third-order valence-corrected chi connectivity index (χ3v) is 6.69. The summed E-state index contributed by atoms with van der Waals surface area (Å²) in [4.78, 5) is 12.0. The van der Waals surface area contributed by atoms with Gasteiger partial charge in [-0.25, -0.2) is 9.38 Å². The van der Waals surface area contributed by atoms with Gasteiger partial charge in [-0.2, -0.15) is 0 Å². The van der Waals surface area contributed by atoms with E-state index in [4.69, 9.17) is 4.99 Å². The fourth-order valence-electron chi connectivity index (χ4n) is 4.74. The number of aromatic nitrogens is 2. The molecule has 3 aromatic rings. The van der Waals surface area contributed by atoms with E-state index in [0.717, 1.165) is 47.6 Å². The molecule has 178 valence electrons. The van der Waals surface area contributed by atoms with Crippen LogP contribution in [0.2, 0.25) is 0 Å². The number of H-pyrrole nitrogens is 2. The van der Waals surface area contributed by atoms with Crippen LogP contribution in [-0.2, 0) is 12.8 Å². The van der Waals surface area contributed by atoms with Gasteiger partial charge in [-0.3, -0.25) is 0 Å². The normalized spacial score (nSPS) is 14.9. The lowest BCUT2D eigenvalue weighted by Crippen LogP contribution is -2.02. The van der Waals surface area contributed by atoms with Gasteiger partial charge >= 0.3 is 0 Å². The molecule has 3 heterocycles. The van der Waals surface area contributed by atoms with Gasteiger partial charge in [0.15, 0.2) is 0 Å². The van der Waals surface area contributed by atoms with E-state index in [9.17, 15) is 4.39 Å². The number of unbranched alkanes of at least 4 members (excludes halogenated alkanes) is 4. The second-order valence-corrected chi connectivity index (χ2v) is 9.23. The van der Waals surface area contributed by atoms with E-state index >= 15 is 0 Å². The van der Waals surface area contributed by atoms with E-state index in [-0.39, 0.29) is 5.82 Å². The predicted octanol–water partition coefficient (Wildman–Crippen LogP) is 8.16. The summed E-state index contributed by atoms with van der Waals surface area (Å²) in [7, 11) is 0. The van der Waals surface area contributed by atoms with Gasteiger partial charge in [-0.05, 0) is 91.3 Å². The van der Waals surface area contributed by atoms with E-state index in [1.165, 1.54) is 54.5 Å². The molecule has 0 unspecified atom stereocenters. The van der Waals surface area contributed by atoms with Crippen molar-refractivity contribution < 1.29 is 4.39 Å². The van der Waals surface area contributed by atoms with E-state index in [2.05, 4.69) is 48.9 Å². The van der Waals surface area contributed by atoms with Crippen LogP contribution in [0.3, 0.4) is 0 Å². The molecule has 0 spiro atoms. The van der Waals surface area contributed by atoms with E-state index in [1.54, 1.807) is 12.1 Å². The highest BCUT2D eigenvalue weighted by Gasteiger charge is 2.22. The summed E-state index contributed by atoms with van der Waals surface area (Å²) in [6.07, 6.45) is 13.2. The smallest absolute Gasteiger partial charge is 0.123 e. The molecular formula is C30H36FN3. The third-order valence-electron chi connectivity index (χ3n) is 6.69. The molecule has 34 heavy (non-hydrogen) atoms. The maximum atomic E-state index is 13.4. The number of nitrogens with zero attached hydrogens (tertiary/aromatic N) is 1. The number of rotatable bonds is 11. The van der Waals surface area contributed by atoms with Crippen molar-refractivity contribution in [3.05, 3.63) is 99.5 Å². The lowest BCUT2D eigenvalue weighted by molar-refractivity contribution is 0.627. The van der Waals surface area contributed by atoms with Crippen molar-refractivity contribution in [2.45, 2.75) is 72.1 Å². The molecule has 1 aromatic carbocycles. The number of halogens is 1. The summed E-state index contributed by atoms with van der Waals surface area (Å²) in [5.74, 6) is -0.196. The summed E-state index contributed by atoms with van der Waals surface area (Å²) in [6.45, 7) is 6.60. The van der Waals surface area contributed by atoms with Crippen molar-refractivity contribution in [2.75, 3.05) is 0 Å². The largest absolute Gasteiger partial charge is 0.360 e. The van der Waals surface area contributed by atoms with E-state index in [1.807, 2.05) is 24.4 Å². The van der Waals surface area contributed by atoms with Gasteiger partial charge in [0, 0.05) is 17.6 Å². The van der Waals surface area contributed by atoms with Crippen molar-refractivity contribution in [3.63, 3.8) is 0 Å². The first-order valence-corrected chi connectivity index (χ1v) is 12.7. The molecular weight excluding hydrogens is 421 g/mol. The Morgan fingerprint density at radius 2 is 1.79 bits per heavy atom. The van der Waals surface area contributed by atoms with Gasteiger partial charge in [-0.1, -0.05) is 51.7 Å². The molecule has 0 fully saturated rings. The quantitative estimate of drug-likeness (QED) is 0.273. The van der Waals surface area contributed by atoms with Gasteiger partial charge in [0.25, 0.3) is 0 Å². The van der Waals surface area contributed by atoms with Crippen LogP contribution in [0.1, 0.15) is 87.5 Å². The first kappa shape index (κ1) is 24.0. The van der Waals surface area contributed by atoms with Crippen LogP contribution in [0, 0.1) is 5.82 Å². The average molecular weight is 458 g/mol. The molecule has 0 atom stereocenters. The van der Waals surface area contributed by atoms with Gasteiger partial charge in [0.05, 0.1) is 17.1 Å². The Hall–Kier alpha value is -3.14. The van der Waals surface area contributed by atoms with Crippen molar-refractivity contribution in [3.8, 4) is 0 Å². The highest BCUT2D eigenvalue weighted by atomic mass is 19.1. The van der Waals surface area contributed by atoms with Crippen LogP contribution in [0.4, 0.5) is 4.39 Å². The number of allylic oxidation sites excluding steroid dienone is 2. The van der Waals surface area contributed by atoms with Crippen LogP contribution in [-0.4, -0.2) is 15.7 Å². The van der Waals surface area contributed by atoms with Crippen LogP contribution in [0.5, 0.6) is 0 Å². The minimum Gasteiger partial charge on any atom is -0.360 e. The summed E-state index contributed by atoms with van der Waals surface area (Å²) in [5, 5.41) is 0. The lowest BCUT2D eigenvalue weighted by atomic mass is 10.0. The Bertz CT molecular complexity index is 1170. The molecule has 0 saturated heterocycles. The molecule has 2 aromatic heterocycles. The molecule has 0 aliphatic carbocycles. The first-order valence-electron chi connectivity index (χ1n) is 12.7. The predicted molar refractivity (Wildman–Crippen MR) is 141 cm³/mol.